The molecular weight excluding hydrogens is 308 g/mol. The van der Waals surface area contributed by atoms with Crippen molar-refractivity contribution in [1.29, 1.82) is 0 Å². The Morgan fingerprint density at radius 1 is 1.42 bits per heavy atom. The van der Waals surface area contributed by atoms with Gasteiger partial charge in [0.1, 0.15) is 11.2 Å². The van der Waals surface area contributed by atoms with E-state index >= 15 is 0 Å². The van der Waals surface area contributed by atoms with Crippen molar-refractivity contribution in [1.82, 2.24) is 19.6 Å². The number of nitrogens with zero attached hydrogens (tertiary/aromatic N) is 3. The molecule has 24 heavy (non-hydrogen) atoms. The zero-order valence-corrected chi connectivity index (χ0v) is 14.0. The summed E-state index contributed by atoms with van der Waals surface area (Å²) in [5.41, 5.74) is 1.26. The minimum atomic E-state index is -0.386. The summed E-state index contributed by atoms with van der Waals surface area (Å²) in [6, 6.07) is 3.57. The van der Waals surface area contributed by atoms with E-state index in [4.69, 9.17) is 4.74 Å². The van der Waals surface area contributed by atoms with Crippen LogP contribution < -0.4 is 10.9 Å². The Morgan fingerprint density at radius 2 is 2.17 bits per heavy atom. The van der Waals surface area contributed by atoms with Gasteiger partial charge in [0.05, 0.1) is 13.2 Å². The molecule has 0 aliphatic carbocycles. The van der Waals surface area contributed by atoms with Gasteiger partial charge >= 0.3 is 0 Å². The topological polar surface area (TPSA) is 75.9 Å². The van der Waals surface area contributed by atoms with Gasteiger partial charge in [0.15, 0.2) is 0 Å². The number of hydrogen-bond donors (Lipinski definition) is 1. The number of aromatic nitrogens is 2. The number of ether oxygens (including phenoxy) is 1. The van der Waals surface area contributed by atoms with Gasteiger partial charge in [0.2, 0.25) is 0 Å². The number of amides is 1. The number of rotatable bonds is 4. The minimum Gasteiger partial charge on any atom is -0.379 e. The van der Waals surface area contributed by atoms with Gasteiger partial charge in [-0.1, -0.05) is 0 Å². The lowest BCUT2D eigenvalue weighted by molar-refractivity contribution is 0.0342. The van der Waals surface area contributed by atoms with Gasteiger partial charge in [-0.3, -0.25) is 18.9 Å². The number of nitrogens with one attached hydrogen (secondary N) is 1. The van der Waals surface area contributed by atoms with Crippen LogP contribution in [-0.4, -0.2) is 59.1 Å². The first kappa shape index (κ1) is 16.6. The second-order valence-corrected chi connectivity index (χ2v) is 6.20. The summed E-state index contributed by atoms with van der Waals surface area (Å²) in [6.45, 7) is 7.76. The summed E-state index contributed by atoms with van der Waals surface area (Å²) in [5, 5.41) is 2.89. The SMILES string of the molecule is Cc1ccn2c(=O)c(C(=O)NC(C)CN3CCOCC3)cnc2c1. The molecule has 1 saturated heterocycles. The number of carbonyl (C=O) groups excluding carboxylic acids is 1. The molecular formula is C17H22N4O3. The van der Waals surface area contributed by atoms with Crippen LogP contribution in [0.15, 0.2) is 29.3 Å². The number of pyridine rings is 1. The molecule has 7 nitrogen and oxygen atoms in total. The lowest BCUT2D eigenvalue weighted by atomic mass is 10.2. The van der Waals surface area contributed by atoms with Crippen molar-refractivity contribution in [3.8, 4) is 0 Å². The molecule has 3 rings (SSSR count). The summed E-state index contributed by atoms with van der Waals surface area (Å²) in [6.07, 6.45) is 3.00. The Balaban J connectivity index is 1.72. The fraction of sp³-hybridized carbons (Fsp3) is 0.471. The molecule has 2 aromatic heterocycles. The first-order chi connectivity index (χ1) is 11.5. The molecule has 7 heteroatoms. The quantitative estimate of drug-likeness (QED) is 0.881. The Kier molecular flexibility index (Phi) is 4.92. The molecule has 0 aromatic carbocycles. The van der Waals surface area contributed by atoms with Crippen molar-refractivity contribution >= 4 is 11.6 Å². The average molecular weight is 330 g/mol. The summed E-state index contributed by atoms with van der Waals surface area (Å²) < 4.78 is 6.71. The zero-order chi connectivity index (χ0) is 17.1. The van der Waals surface area contributed by atoms with E-state index in [1.807, 2.05) is 26.0 Å². The molecule has 0 bridgehead atoms. The molecule has 1 aliphatic rings. The van der Waals surface area contributed by atoms with Crippen LogP contribution in [0.5, 0.6) is 0 Å². The number of hydrogen-bond acceptors (Lipinski definition) is 5. The van der Waals surface area contributed by atoms with Crippen molar-refractivity contribution in [2.75, 3.05) is 32.8 Å². The normalized spacial score (nSPS) is 16.9. The average Bonchev–Trinajstić information content (AvgIpc) is 2.55. The van der Waals surface area contributed by atoms with Crippen molar-refractivity contribution in [3.05, 3.63) is 46.0 Å². The third-order valence-corrected chi connectivity index (χ3v) is 4.12. The van der Waals surface area contributed by atoms with Gasteiger partial charge in [-0.05, 0) is 31.5 Å². The van der Waals surface area contributed by atoms with Crippen LogP contribution in [-0.2, 0) is 4.74 Å². The third-order valence-electron chi connectivity index (χ3n) is 4.12. The zero-order valence-electron chi connectivity index (χ0n) is 14.0. The highest BCUT2D eigenvalue weighted by atomic mass is 16.5. The molecule has 1 atom stereocenters. The van der Waals surface area contributed by atoms with Gasteiger partial charge in [-0.25, -0.2) is 4.98 Å². The lowest BCUT2D eigenvalue weighted by Crippen LogP contribution is -2.46. The summed E-state index contributed by atoms with van der Waals surface area (Å²) in [7, 11) is 0. The molecule has 1 N–H and O–H groups in total. The molecule has 1 amide bonds. The highest BCUT2D eigenvalue weighted by Crippen LogP contribution is 2.03. The van der Waals surface area contributed by atoms with Crippen LogP contribution in [0.3, 0.4) is 0 Å². The predicted octanol–water partition coefficient (Wildman–Crippen LogP) is 0.453. The highest BCUT2D eigenvalue weighted by molar-refractivity contribution is 5.93. The van der Waals surface area contributed by atoms with Gasteiger partial charge in [-0.2, -0.15) is 0 Å². The van der Waals surface area contributed by atoms with E-state index in [-0.39, 0.29) is 23.1 Å². The number of fused-ring (bicyclic) bond motifs is 1. The Hall–Kier alpha value is -2.25. The molecule has 1 aliphatic heterocycles. The fourth-order valence-corrected chi connectivity index (χ4v) is 2.85. The van der Waals surface area contributed by atoms with Gasteiger partial charge in [0, 0.05) is 38.1 Å². The second-order valence-electron chi connectivity index (χ2n) is 6.20. The van der Waals surface area contributed by atoms with E-state index in [9.17, 15) is 9.59 Å². The standard InChI is InChI=1S/C17H22N4O3/c1-12-3-4-21-15(9-12)18-10-14(17(21)23)16(22)19-13(2)11-20-5-7-24-8-6-20/h3-4,9-10,13H,5-8,11H2,1-2H3,(H,19,22). The van der Waals surface area contributed by atoms with Crippen LogP contribution in [0.2, 0.25) is 0 Å². The molecule has 1 unspecified atom stereocenters. The van der Waals surface area contributed by atoms with E-state index in [0.717, 1.165) is 38.4 Å². The van der Waals surface area contributed by atoms with Gasteiger partial charge < -0.3 is 10.1 Å². The second kappa shape index (κ2) is 7.11. The molecule has 0 saturated carbocycles. The van der Waals surface area contributed by atoms with Crippen LogP contribution in [0, 0.1) is 6.92 Å². The first-order valence-electron chi connectivity index (χ1n) is 8.13. The maximum Gasteiger partial charge on any atom is 0.270 e. The van der Waals surface area contributed by atoms with Crippen LogP contribution in [0.4, 0.5) is 0 Å². The van der Waals surface area contributed by atoms with Crippen LogP contribution in [0.25, 0.3) is 5.65 Å². The molecule has 0 radical (unpaired) electrons. The van der Waals surface area contributed by atoms with Crippen molar-refractivity contribution in [3.63, 3.8) is 0 Å². The summed E-state index contributed by atoms with van der Waals surface area (Å²) in [5.74, 6) is -0.386. The molecule has 3 heterocycles. The largest absolute Gasteiger partial charge is 0.379 e. The monoisotopic (exact) mass is 330 g/mol. The van der Waals surface area contributed by atoms with E-state index in [1.54, 1.807) is 6.20 Å². The third kappa shape index (κ3) is 3.63. The molecule has 1 fully saturated rings. The number of morpholine rings is 1. The van der Waals surface area contributed by atoms with Crippen LogP contribution >= 0.6 is 0 Å². The lowest BCUT2D eigenvalue weighted by Gasteiger charge is -2.29. The molecule has 0 spiro atoms. The molecule has 128 valence electrons. The first-order valence-corrected chi connectivity index (χ1v) is 8.13. The van der Waals surface area contributed by atoms with E-state index in [2.05, 4.69) is 15.2 Å². The van der Waals surface area contributed by atoms with Gasteiger partial charge in [0.25, 0.3) is 11.5 Å². The predicted molar refractivity (Wildman–Crippen MR) is 90.4 cm³/mol. The van der Waals surface area contributed by atoms with E-state index in [0.29, 0.717) is 5.65 Å². The van der Waals surface area contributed by atoms with Gasteiger partial charge in [-0.15, -0.1) is 0 Å². The number of carbonyl (C=O) groups is 1. The fourth-order valence-electron chi connectivity index (χ4n) is 2.85. The maximum absolute atomic E-state index is 12.5. The Morgan fingerprint density at radius 3 is 2.92 bits per heavy atom. The Bertz CT molecular complexity index is 796. The smallest absolute Gasteiger partial charge is 0.270 e. The summed E-state index contributed by atoms with van der Waals surface area (Å²) in [4.78, 5) is 31.4. The Labute approximate surface area is 140 Å². The van der Waals surface area contributed by atoms with Crippen molar-refractivity contribution in [2.24, 2.45) is 0 Å². The van der Waals surface area contributed by atoms with Crippen LogP contribution in [0.1, 0.15) is 22.8 Å². The van der Waals surface area contributed by atoms with Crippen molar-refractivity contribution in [2.45, 2.75) is 19.9 Å². The maximum atomic E-state index is 12.5. The van der Waals surface area contributed by atoms with E-state index in [1.165, 1.54) is 10.6 Å². The highest BCUT2D eigenvalue weighted by Gasteiger charge is 2.18. The number of aryl methyl sites for hydroxylation is 1. The molecule has 2 aromatic rings. The van der Waals surface area contributed by atoms with Crippen molar-refractivity contribution < 1.29 is 9.53 Å². The summed E-state index contributed by atoms with van der Waals surface area (Å²) >= 11 is 0. The van der Waals surface area contributed by atoms with E-state index < -0.39 is 0 Å². The minimum absolute atomic E-state index is 0.0604.